The number of carbonyl (C=O) groups excluding carboxylic acids is 1. The fourth-order valence-corrected chi connectivity index (χ4v) is 4.62. The average Bonchev–Trinajstić information content (AvgIpc) is 3.04. The maximum atomic E-state index is 13.7. The lowest BCUT2D eigenvalue weighted by Crippen LogP contribution is -2.47. The van der Waals surface area contributed by atoms with Crippen LogP contribution in [0, 0.1) is 33.5 Å². The third kappa shape index (κ3) is 2.66. The van der Waals surface area contributed by atoms with Gasteiger partial charge in [0.05, 0.1) is 24.2 Å². The van der Waals surface area contributed by atoms with E-state index in [1.165, 1.54) is 0 Å². The van der Waals surface area contributed by atoms with Crippen LogP contribution in [0.1, 0.15) is 37.8 Å². The van der Waals surface area contributed by atoms with Gasteiger partial charge in [0.15, 0.2) is 11.2 Å². The zero-order valence-corrected chi connectivity index (χ0v) is 16.7. The first kappa shape index (κ1) is 18.9. The summed E-state index contributed by atoms with van der Waals surface area (Å²) in [5.41, 5.74) is 0.629. The van der Waals surface area contributed by atoms with Crippen LogP contribution in [-0.2, 0) is 4.79 Å². The molecule has 1 saturated heterocycles. The van der Waals surface area contributed by atoms with Gasteiger partial charge in [-0.2, -0.15) is 10.5 Å². The Labute approximate surface area is 170 Å². The van der Waals surface area contributed by atoms with Crippen LogP contribution >= 0.6 is 0 Å². The molecule has 2 aliphatic heterocycles. The number of anilines is 1. The number of fused-ring (bicyclic) bond motifs is 3. The van der Waals surface area contributed by atoms with Gasteiger partial charge in [0.25, 0.3) is 0 Å². The van der Waals surface area contributed by atoms with Gasteiger partial charge in [-0.15, -0.1) is 0 Å². The second kappa shape index (κ2) is 6.57. The van der Waals surface area contributed by atoms with E-state index >= 15 is 0 Å². The molecule has 2 aromatic rings. The molecule has 0 bridgehead atoms. The summed E-state index contributed by atoms with van der Waals surface area (Å²) >= 11 is 0. The number of pyridine rings is 1. The number of benzene rings is 1. The Hall–Kier alpha value is -3.44. The van der Waals surface area contributed by atoms with Crippen molar-refractivity contribution >= 4 is 17.5 Å². The van der Waals surface area contributed by atoms with Gasteiger partial charge in [0, 0.05) is 29.4 Å². The molecule has 0 spiro atoms. The molecule has 2 aliphatic rings. The molecule has 0 amide bonds. The molecule has 4 rings (SSSR count). The van der Waals surface area contributed by atoms with E-state index in [4.69, 9.17) is 0 Å². The van der Waals surface area contributed by atoms with Crippen LogP contribution in [-0.4, -0.2) is 22.9 Å². The molecule has 0 aliphatic carbocycles. The molecule has 3 atom stereocenters. The van der Waals surface area contributed by atoms with E-state index in [0.717, 1.165) is 16.8 Å². The summed E-state index contributed by atoms with van der Waals surface area (Å²) in [6.07, 6.45) is 7.15. The lowest BCUT2D eigenvalue weighted by Gasteiger charge is -2.37. The molecule has 2 unspecified atom stereocenters. The molecule has 5 nitrogen and oxygen atoms in total. The summed E-state index contributed by atoms with van der Waals surface area (Å²) in [6, 6.07) is 14.9. The Morgan fingerprint density at radius 2 is 1.76 bits per heavy atom. The minimum Gasteiger partial charge on any atom is -0.351 e. The third-order valence-electron chi connectivity index (χ3n) is 5.99. The molecule has 1 aromatic carbocycles. The first-order valence-corrected chi connectivity index (χ1v) is 9.67. The lowest BCUT2D eigenvalue weighted by atomic mass is 9.68. The van der Waals surface area contributed by atoms with Crippen molar-refractivity contribution in [2.24, 2.45) is 10.8 Å². The van der Waals surface area contributed by atoms with Crippen molar-refractivity contribution in [3.05, 3.63) is 66.0 Å². The van der Waals surface area contributed by atoms with Gasteiger partial charge in [-0.3, -0.25) is 9.78 Å². The quantitative estimate of drug-likeness (QED) is 0.781. The van der Waals surface area contributed by atoms with Crippen molar-refractivity contribution in [2.75, 3.05) is 4.90 Å². The van der Waals surface area contributed by atoms with Crippen LogP contribution in [0.25, 0.3) is 6.08 Å². The molecular weight excluding hydrogens is 360 g/mol. The number of rotatable bonds is 2. The maximum Gasteiger partial charge on any atom is 0.176 e. The number of nitrogens with zero attached hydrogens (tertiary/aromatic N) is 4. The van der Waals surface area contributed by atoms with E-state index in [2.05, 4.69) is 17.1 Å². The molecule has 3 heterocycles. The summed E-state index contributed by atoms with van der Waals surface area (Å²) in [5.74, 6) is -0.574. The summed E-state index contributed by atoms with van der Waals surface area (Å²) < 4.78 is 0. The predicted molar refractivity (Wildman–Crippen MR) is 111 cm³/mol. The van der Waals surface area contributed by atoms with Gasteiger partial charge in [-0.1, -0.05) is 51.1 Å². The van der Waals surface area contributed by atoms with Crippen molar-refractivity contribution in [2.45, 2.75) is 38.8 Å². The first-order chi connectivity index (χ1) is 13.8. The van der Waals surface area contributed by atoms with E-state index in [9.17, 15) is 15.3 Å². The highest BCUT2D eigenvalue weighted by atomic mass is 16.1. The number of nitriles is 2. The topological polar surface area (TPSA) is 80.8 Å². The summed E-state index contributed by atoms with van der Waals surface area (Å²) in [6.45, 7) is 5.66. The van der Waals surface area contributed by atoms with Crippen LogP contribution in [0.3, 0.4) is 0 Å². The van der Waals surface area contributed by atoms with Crippen LogP contribution in [0.2, 0.25) is 0 Å². The Kier molecular flexibility index (Phi) is 4.28. The van der Waals surface area contributed by atoms with Gasteiger partial charge in [0.2, 0.25) is 0 Å². The second-order valence-corrected chi connectivity index (χ2v) is 8.68. The standard InChI is InChI=1S/C24H22N4O/c1-23(2,3)22(29)21-20(17-10-12-27-13-11-17)24(14-25,15-26)19-9-8-16-6-4-5-7-18(16)28(19)21/h4-13,19-21H,1-3H3/t19?,20-,21?/m1/s1. The van der Waals surface area contributed by atoms with Crippen LogP contribution in [0.4, 0.5) is 5.69 Å². The molecule has 0 radical (unpaired) electrons. The first-order valence-electron chi connectivity index (χ1n) is 9.67. The fraction of sp³-hybridized carbons (Fsp3) is 0.333. The maximum absolute atomic E-state index is 13.7. The zero-order valence-electron chi connectivity index (χ0n) is 16.7. The van der Waals surface area contributed by atoms with Crippen LogP contribution in [0.5, 0.6) is 0 Å². The van der Waals surface area contributed by atoms with Gasteiger partial charge >= 0.3 is 0 Å². The van der Waals surface area contributed by atoms with E-state index in [0.29, 0.717) is 0 Å². The van der Waals surface area contributed by atoms with Crippen LogP contribution < -0.4 is 4.90 Å². The second-order valence-electron chi connectivity index (χ2n) is 8.68. The van der Waals surface area contributed by atoms with Gasteiger partial charge in [-0.25, -0.2) is 0 Å². The highest BCUT2D eigenvalue weighted by Crippen LogP contribution is 2.55. The van der Waals surface area contributed by atoms with Crippen LogP contribution in [0.15, 0.2) is 54.9 Å². The molecular formula is C24H22N4O. The highest BCUT2D eigenvalue weighted by Gasteiger charge is 2.64. The van der Waals surface area contributed by atoms with E-state index in [-0.39, 0.29) is 5.78 Å². The lowest BCUT2D eigenvalue weighted by molar-refractivity contribution is -0.127. The molecule has 29 heavy (non-hydrogen) atoms. The zero-order chi connectivity index (χ0) is 20.8. The third-order valence-corrected chi connectivity index (χ3v) is 5.99. The number of para-hydroxylation sites is 1. The smallest absolute Gasteiger partial charge is 0.176 e. The van der Waals surface area contributed by atoms with Gasteiger partial charge < -0.3 is 4.90 Å². The monoisotopic (exact) mass is 382 g/mol. The number of ketones is 1. The molecule has 0 saturated carbocycles. The molecule has 144 valence electrons. The largest absolute Gasteiger partial charge is 0.351 e. The number of carbonyl (C=O) groups is 1. The summed E-state index contributed by atoms with van der Waals surface area (Å²) in [4.78, 5) is 19.8. The predicted octanol–water partition coefficient (Wildman–Crippen LogP) is 4.10. The molecule has 1 aromatic heterocycles. The number of aromatic nitrogens is 1. The Bertz CT molecular complexity index is 1050. The van der Waals surface area contributed by atoms with Crippen molar-refractivity contribution in [1.29, 1.82) is 10.5 Å². The number of Topliss-reactive ketones (excluding diaryl/α,β-unsaturated/α-hetero) is 1. The number of hydrogen-bond donors (Lipinski definition) is 0. The van der Waals surface area contributed by atoms with E-state index in [1.807, 2.05) is 74.2 Å². The van der Waals surface area contributed by atoms with Gasteiger partial charge in [-0.05, 0) is 29.3 Å². The highest BCUT2D eigenvalue weighted by molar-refractivity contribution is 5.96. The molecule has 0 N–H and O–H groups in total. The van der Waals surface area contributed by atoms with Crippen molar-refractivity contribution in [1.82, 2.24) is 4.98 Å². The van der Waals surface area contributed by atoms with Crippen molar-refractivity contribution in [3.63, 3.8) is 0 Å². The SMILES string of the molecule is CC(C)(C)C(=O)C1[C@@H](c2ccncc2)C(C#N)(C#N)C2C=Cc3ccccc3N12. The normalized spacial score (nSPS) is 24.2. The Morgan fingerprint density at radius 1 is 1.10 bits per heavy atom. The van der Waals surface area contributed by atoms with E-state index in [1.54, 1.807) is 12.4 Å². The fourth-order valence-electron chi connectivity index (χ4n) is 4.62. The molecule has 5 heteroatoms. The minimum atomic E-state index is -1.39. The Morgan fingerprint density at radius 3 is 2.38 bits per heavy atom. The molecule has 1 fully saturated rings. The van der Waals surface area contributed by atoms with E-state index < -0.39 is 28.8 Å². The van der Waals surface area contributed by atoms with Crippen molar-refractivity contribution < 1.29 is 4.79 Å². The summed E-state index contributed by atoms with van der Waals surface area (Å²) in [7, 11) is 0. The number of hydrogen-bond acceptors (Lipinski definition) is 5. The summed E-state index contributed by atoms with van der Waals surface area (Å²) in [5, 5.41) is 20.6. The average molecular weight is 382 g/mol. The minimum absolute atomic E-state index is 0.0155. The Balaban J connectivity index is 2.03. The van der Waals surface area contributed by atoms with Gasteiger partial charge in [0.1, 0.15) is 0 Å². The van der Waals surface area contributed by atoms with Crippen molar-refractivity contribution in [3.8, 4) is 12.1 Å².